The molecule has 0 aliphatic heterocycles. The van der Waals surface area contributed by atoms with E-state index in [1.165, 1.54) is 16.8 Å². The molecule has 1 atom stereocenters. The second-order valence-electron chi connectivity index (χ2n) is 5.52. The van der Waals surface area contributed by atoms with Gasteiger partial charge in [0.1, 0.15) is 5.82 Å². The Bertz CT molecular complexity index is 779. The van der Waals surface area contributed by atoms with E-state index in [2.05, 4.69) is 30.3 Å². The average molecular weight is 279 g/mol. The fraction of sp³-hybridized carbons (Fsp3) is 0.158. The van der Waals surface area contributed by atoms with Gasteiger partial charge in [-0.1, -0.05) is 60.2 Å². The molecule has 0 spiro atoms. The number of hydrogen-bond acceptors (Lipinski definition) is 1. The van der Waals surface area contributed by atoms with Gasteiger partial charge in [0.15, 0.2) is 0 Å². The Hall–Kier alpha value is -2.19. The topological polar surface area (TPSA) is 26.0 Å². The average Bonchev–Trinajstić information content (AvgIpc) is 2.49. The highest BCUT2D eigenvalue weighted by Gasteiger charge is 2.12. The molecule has 0 fully saturated rings. The van der Waals surface area contributed by atoms with E-state index in [1.54, 1.807) is 6.07 Å². The first-order valence-electron chi connectivity index (χ1n) is 7.13. The minimum Gasteiger partial charge on any atom is -0.324 e. The molecule has 1 nitrogen and oxygen atoms in total. The predicted molar refractivity (Wildman–Crippen MR) is 85.7 cm³/mol. The highest BCUT2D eigenvalue weighted by Crippen LogP contribution is 2.23. The van der Waals surface area contributed by atoms with E-state index < -0.39 is 0 Å². The number of fused-ring (bicyclic) bond motifs is 1. The zero-order valence-electron chi connectivity index (χ0n) is 12.0. The highest BCUT2D eigenvalue weighted by molar-refractivity contribution is 5.83. The summed E-state index contributed by atoms with van der Waals surface area (Å²) in [7, 11) is 0. The summed E-state index contributed by atoms with van der Waals surface area (Å²) in [6, 6.07) is 19.3. The summed E-state index contributed by atoms with van der Waals surface area (Å²) >= 11 is 0. The number of rotatable bonds is 3. The zero-order chi connectivity index (χ0) is 14.8. The molecule has 0 aliphatic rings. The van der Waals surface area contributed by atoms with Gasteiger partial charge in [-0.3, -0.25) is 0 Å². The summed E-state index contributed by atoms with van der Waals surface area (Å²) in [5, 5.41) is 2.39. The minimum atomic E-state index is -0.328. The maximum absolute atomic E-state index is 13.9. The van der Waals surface area contributed by atoms with Crippen molar-refractivity contribution in [1.29, 1.82) is 0 Å². The van der Waals surface area contributed by atoms with Crippen LogP contribution in [-0.2, 0) is 6.42 Å². The number of benzene rings is 3. The summed E-state index contributed by atoms with van der Waals surface area (Å²) in [4.78, 5) is 0. The van der Waals surface area contributed by atoms with Crippen LogP contribution in [0.3, 0.4) is 0 Å². The lowest BCUT2D eigenvalue weighted by molar-refractivity contribution is 0.580. The molecule has 2 N–H and O–H groups in total. The van der Waals surface area contributed by atoms with Crippen LogP contribution in [0.1, 0.15) is 22.7 Å². The lowest BCUT2D eigenvalue weighted by Gasteiger charge is -2.14. The van der Waals surface area contributed by atoms with Crippen LogP contribution in [0, 0.1) is 12.7 Å². The van der Waals surface area contributed by atoms with Crippen LogP contribution in [0.4, 0.5) is 4.39 Å². The van der Waals surface area contributed by atoms with Gasteiger partial charge < -0.3 is 5.73 Å². The molecule has 106 valence electrons. The maximum atomic E-state index is 13.9. The molecule has 0 aliphatic carbocycles. The van der Waals surface area contributed by atoms with Gasteiger partial charge in [0.25, 0.3) is 0 Å². The Balaban J connectivity index is 1.88. The molecule has 21 heavy (non-hydrogen) atoms. The highest BCUT2D eigenvalue weighted by atomic mass is 19.1. The molecule has 0 bridgehead atoms. The van der Waals surface area contributed by atoms with Crippen molar-refractivity contribution in [3.05, 3.63) is 83.2 Å². The number of halogens is 1. The largest absolute Gasteiger partial charge is 0.324 e. The van der Waals surface area contributed by atoms with Gasteiger partial charge in [0.2, 0.25) is 0 Å². The third-order valence-corrected chi connectivity index (χ3v) is 3.82. The van der Waals surface area contributed by atoms with Gasteiger partial charge in [-0.15, -0.1) is 0 Å². The van der Waals surface area contributed by atoms with Crippen molar-refractivity contribution < 1.29 is 4.39 Å². The first kappa shape index (κ1) is 13.8. The monoisotopic (exact) mass is 279 g/mol. The van der Waals surface area contributed by atoms with Crippen LogP contribution in [-0.4, -0.2) is 0 Å². The van der Waals surface area contributed by atoms with E-state index in [1.807, 2.05) is 25.1 Å². The van der Waals surface area contributed by atoms with E-state index in [4.69, 9.17) is 5.73 Å². The Kier molecular flexibility index (Phi) is 3.72. The van der Waals surface area contributed by atoms with Crippen molar-refractivity contribution in [2.45, 2.75) is 19.4 Å². The van der Waals surface area contributed by atoms with Crippen molar-refractivity contribution in [3.8, 4) is 0 Å². The van der Waals surface area contributed by atoms with Crippen LogP contribution in [0.5, 0.6) is 0 Å². The normalized spacial score (nSPS) is 12.5. The Morgan fingerprint density at radius 1 is 0.952 bits per heavy atom. The minimum absolute atomic E-state index is 0.228. The molecule has 2 heteroatoms. The maximum Gasteiger partial charge on any atom is 0.128 e. The molecule has 3 aromatic carbocycles. The van der Waals surface area contributed by atoms with Crippen LogP contribution in [0.25, 0.3) is 10.8 Å². The molecule has 0 aromatic heterocycles. The third-order valence-electron chi connectivity index (χ3n) is 3.82. The molecule has 0 heterocycles. The van der Waals surface area contributed by atoms with E-state index >= 15 is 0 Å². The van der Waals surface area contributed by atoms with Gasteiger partial charge in [-0.05, 0) is 35.7 Å². The van der Waals surface area contributed by atoms with E-state index in [9.17, 15) is 4.39 Å². The Morgan fingerprint density at radius 3 is 2.52 bits per heavy atom. The van der Waals surface area contributed by atoms with E-state index in [-0.39, 0.29) is 11.9 Å². The Morgan fingerprint density at radius 2 is 1.71 bits per heavy atom. The van der Waals surface area contributed by atoms with Gasteiger partial charge >= 0.3 is 0 Å². The quantitative estimate of drug-likeness (QED) is 0.749. The summed E-state index contributed by atoms with van der Waals surface area (Å²) in [5.41, 5.74) is 8.94. The van der Waals surface area contributed by atoms with Gasteiger partial charge in [0, 0.05) is 11.6 Å². The molecule has 0 saturated heterocycles. The van der Waals surface area contributed by atoms with Crippen LogP contribution < -0.4 is 5.73 Å². The van der Waals surface area contributed by atoms with Crippen molar-refractivity contribution >= 4 is 10.8 Å². The lowest BCUT2D eigenvalue weighted by atomic mass is 9.96. The Labute approximate surface area is 124 Å². The number of aryl methyl sites for hydroxylation is 1. The number of nitrogens with two attached hydrogens (primary N) is 1. The third kappa shape index (κ3) is 2.96. The van der Waals surface area contributed by atoms with Gasteiger partial charge in [0.05, 0.1) is 0 Å². The van der Waals surface area contributed by atoms with Crippen LogP contribution in [0.2, 0.25) is 0 Å². The van der Waals surface area contributed by atoms with Crippen LogP contribution >= 0.6 is 0 Å². The molecular weight excluding hydrogens is 261 g/mol. The summed E-state index contributed by atoms with van der Waals surface area (Å²) in [5.74, 6) is -0.228. The van der Waals surface area contributed by atoms with Gasteiger partial charge in [-0.25, -0.2) is 4.39 Å². The lowest BCUT2D eigenvalue weighted by Crippen LogP contribution is -2.15. The fourth-order valence-electron chi connectivity index (χ4n) is 2.68. The second kappa shape index (κ2) is 5.66. The zero-order valence-corrected chi connectivity index (χ0v) is 12.0. The van der Waals surface area contributed by atoms with Crippen LogP contribution in [0.15, 0.2) is 60.7 Å². The summed E-state index contributed by atoms with van der Waals surface area (Å²) in [6.45, 7) is 1.95. The SMILES string of the molecule is Cc1ccc(F)c(C(N)Cc2ccc3ccccc3c2)c1. The molecular formula is C19H18FN. The molecule has 0 saturated carbocycles. The molecule has 1 unspecified atom stereocenters. The van der Waals surface area contributed by atoms with Crippen molar-refractivity contribution in [2.24, 2.45) is 5.73 Å². The van der Waals surface area contributed by atoms with Crippen molar-refractivity contribution in [3.63, 3.8) is 0 Å². The molecule has 3 aromatic rings. The van der Waals surface area contributed by atoms with E-state index in [0.29, 0.717) is 12.0 Å². The molecule has 3 rings (SSSR count). The van der Waals surface area contributed by atoms with Gasteiger partial charge in [-0.2, -0.15) is 0 Å². The molecule has 0 radical (unpaired) electrons. The predicted octanol–water partition coefficient (Wildman–Crippen LogP) is 4.53. The number of hydrogen-bond donors (Lipinski definition) is 1. The first-order chi connectivity index (χ1) is 10.1. The van der Waals surface area contributed by atoms with Crippen molar-refractivity contribution in [2.75, 3.05) is 0 Å². The van der Waals surface area contributed by atoms with Crippen molar-refractivity contribution in [1.82, 2.24) is 0 Å². The summed E-state index contributed by atoms with van der Waals surface area (Å²) < 4.78 is 13.9. The molecule has 0 amide bonds. The smallest absolute Gasteiger partial charge is 0.128 e. The van der Waals surface area contributed by atoms with E-state index in [0.717, 1.165) is 11.1 Å². The second-order valence-corrected chi connectivity index (χ2v) is 5.52. The standard InChI is InChI=1S/C19H18FN/c1-13-6-9-18(20)17(10-13)19(21)12-14-7-8-15-4-2-3-5-16(15)11-14/h2-11,19H,12,21H2,1H3. The first-order valence-corrected chi connectivity index (χ1v) is 7.13. The fourth-order valence-corrected chi connectivity index (χ4v) is 2.68. The summed E-state index contributed by atoms with van der Waals surface area (Å²) in [6.07, 6.45) is 0.630.